The lowest BCUT2D eigenvalue weighted by atomic mass is 10.1. The largest absolute Gasteiger partial charge is 0.323 e. The van der Waals surface area contributed by atoms with Gasteiger partial charge in [-0.3, -0.25) is 9.07 Å². The minimum Gasteiger partial charge on any atom is -0.323 e. The summed E-state index contributed by atoms with van der Waals surface area (Å²) in [6, 6.07) is -0.0425. The molecule has 80 valence electrons. The molecule has 1 unspecified atom stereocenters. The third-order valence-corrected chi connectivity index (χ3v) is 2.06. The minimum absolute atomic E-state index is 0.0425. The molecule has 0 saturated carbocycles. The predicted octanol–water partition coefficient (Wildman–Crippen LogP) is 1.44. The van der Waals surface area contributed by atoms with Crippen LogP contribution in [0.1, 0.15) is 37.9 Å². The Bertz CT molecular complexity index is 261. The Morgan fingerprint density at radius 2 is 2.43 bits per heavy atom. The fraction of sp³-hybridized carbons (Fsp3) is 0.778. The first kappa shape index (κ1) is 11.1. The summed E-state index contributed by atoms with van der Waals surface area (Å²) >= 11 is 0. The zero-order valence-corrected chi connectivity index (χ0v) is 8.49. The van der Waals surface area contributed by atoms with Crippen molar-refractivity contribution < 1.29 is 4.39 Å². The molecule has 0 aliphatic heterocycles. The van der Waals surface area contributed by atoms with Crippen LogP contribution in [-0.2, 0) is 6.54 Å². The van der Waals surface area contributed by atoms with Crippen molar-refractivity contribution in [1.29, 1.82) is 0 Å². The predicted molar refractivity (Wildman–Crippen MR) is 52.5 cm³/mol. The van der Waals surface area contributed by atoms with Gasteiger partial charge in [-0.1, -0.05) is 18.6 Å². The quantitative estimate of drug-likeness (QED) is 0.756. The molecular formula is C9H17FN4. The second-order valence-corrected chi connectivity index (χ2v) is 3.34. The molecule has 0 radical (unpaired) electrons. The number of nitrogens with zero attached hydrogens (tertiary/aromatic N) is 3. The van der Waals surface area contributed by atoms with Gasteiger partial charge in [0, 0.05) is 6.54 Å². The molecule has 1 heterocycles. The fourth-order valence-electron chi connectivity index (χ4n) is 1.27. The number of aryl methyl sites for hydroxylation is 1. The SMILES string of the molecule is CCCC(N)c1cn(CCCF)nn1. The molecule has 1 aromatic heterocycles. The summed E-state index contributed by atoms with van der Waals surface area (Å²) in [5.74, 6) is 0. The zero-order valence-electron chi connectivity index (χ0n) is 8.49. The van der Waals surface area contributed by atoms with E-state index in [9.17, 15) is 4.39 Å². The lowest BCUT2D eigenvalue weighted by Gasteiger charge is -2.04. The van der Waals surface area contributed by atoms with E-state index in [2.05, 4.69) is 17.2 Å². The van der Waals surface area contributed by atoms with Crippen molar-refractivity contribution in [2.24, 2.45) is 5.73 Å². The summed E-state index contributed by atoms with van der Waals surface area (Å²) in [7, 11) is 0. The minimum atomic E-state index is -0.323. The van der Waals surface area contributed by atoms with Crippen LogP contribution < -0.4 is 5.73 Å². The molecule has 0 saturated heterocycles. The third-order valence-electron chi connectivity index (χ3n) is 2.06. The highest BCUT2D eigenvalue weighted by Crippen LogP contribution is 2.11. The standard InChI is InChI=1S/C9H17FN4/c1-2-4-8(11)9-7-14(13-12-9)6-3-5-10/h7-8H,2-6,11H2,1H3. The summed E-state index contributed by atoms with van der Waals surface area (Å²) in [6.07, 6.45) is 4.21. The fourth-order valence-corrected chi connectivity index (χ4v) is 1.27. The van der Waals surface area contributed by atoms with Crippen LogP contribution in [-0.4, -0.2) is 21.7 Å². The van der Waals surface area contributed by atoms with Gasteiger partial charge in [-0.25, -0.2) is 0 Å². The molecule has 2 N–H and O–H groups in total. The van der Waals surface area contributed by atoms with Crippen molar-refractivity contribution in [2.45, 2.75) is 38.8 Å². The van der Waals surface area contributed by atoms with Gasteiger partial charge >= 0.3 is 0 Å². The Hall–Kier alpha value is -0.970. The molecule has 0 aliphatic rings. The van der Waals surface area contributed by atoms with Crippen LogP contribution in [0.15, 0.2) is 6.20 Å². The average molecular weight is 200 g/mol. The van der Waals surface area contributed by atoms with Crippen LogP contribution in [0, 0.1) is 0 Å². The Balaban J connectivity index is 2.49. The number of halogens is 1. The lowest BCUT2D eigenvalue weighted by molar-refractivity contribution is 0.431. The Morgan fingerprint density at radius 3 is 3.07 bits per heavy atom. The first-order chi connectivity index (χ1) is 6.77. The van der Waals surface area contributed by atoms with E-state index in [0.29, 0.717) is 13.0 Å². The van der Waals surface area contributed by atoms with Crippen molar-refractivity contribution in [3.05, 3.63) is 11.9 Å². The molecule has 0 amide bonds. The van der Waals surface area contributed by atoms with Gasteiger partial charge in [0.1, 0.15) is 0 Å². The Morgan fingerprint density at radius 1 is 1.64 bits per heavy atom. The van der Waals surface area contributed by atoms with Gasteiger partial charge in [-0.05, 0) is 12.8 Å². The molecular weight excluding hydrogens is 183 g/mol. The van der Waals surface area contributed by atoms with Gasteiger partial charge in [0.15, 0.2) is 0 Å². The molecule has 0 aromatic carbocycles. The molecule has 0 bridgehead atoms. The summed E-state index contributed by atoms with van der Waals surface area (Å²) in [5.41, 5.74) is 6.65. The topological polar surface area (TPSA) is 56.7 Å². The molecule has 14 heavy (non-hydrogen) atoms. The second-order valence-electron chi connectivity index (χ2n) is 3.34. The van der Waals surface area contributed by atoms with Crippen LogP contribution >= 0.6 is 0 Å². The van der Waals surface area contributed by atoms with Crippen LogP contribution in [0.2, 0.25) is 0 Å². The molecule has 0 fully saturated rings. The molecule has 0 aliphatic carbocycles. The number of alkyl halides is 1. The summed E-state index contributed by atoms with van der Waals surface area (Å²) in [5, 5.41) is 7.83. The second kappa shape index (κ2) is 5.70. The van der Waals surface area contributed by atoms with E-state index < -0.39 is 0 Å². The van der Waals surface area contributed by atoms with Crippen LogP contribution in [0.5, 0.6) is 0 Å². The molecule has 1 aromatic rings. The molecule has 4 nitrogen and oxygen atoms in total. The maximum absolute atomic E-state index is 11.9. The molecule has 1 rings (SSSR count). The highest BCUT2D eigenvalue weighted by molar-refractivity contribution is 4.99. The summed E-state index contributed by atoms with van der Waals surface area (Å²) in [6.45, 7) is 2.33. The van der Waals surface area contributed by atoms with Gasteiger partial charge in [-0.2, -0.15) is 0 Å². The van der Waals surface area contributed by atoms with Gasteiger partial charge < -0.3 is 5.73 Å². The first-order valence-electron chi connectivity index (χ1n) is 4.99. The van der Waals surface area contributed by atoms with Crippen molar-refractivity contribution in [2.75, 3.05) is 6.67 Å². The van der Waals surface area contributed by atoms with E-state index in [0.717, 1.165) is 18.5 Å². The molecule has 1 atom stereocenters. The molecule has 5 heteroatoms. The van der Waals surface area contributed by atoms with Gasteiger partial charge in [0.05, 0.1) is 24.6 Å². The smallest absolute Gasteiger partial charge is 0.0994 e. The van der Waals surface area contributed by atoms with Crippen molar-refractivity contribution >= 4 is 0 Å². The number of rotatable bonds is 6. The number of aromatic nitrogens is 3. The van der Waals surface area contributed by atoms with Gasteiger partial charge in [0.2, 0.25) is 0 Å². The summed E-state index contributed by atoms with van der Waals surface area (Å²) in [4.78, 5) is 0. The maximum Gasteiger partial charge on any atom is 0.0994 e. The van der Waals surface area contributed by atoms with Crippen LogP contribution in [0.25, 0.3) is 0 Å². The summed E-state index contributed by atoms with van der Waals surface area (Å²) < 4.78 is 13.5. The van der Waals surface area contributed by atoms with E-state index >= 15 is 0 Å². The first-order valence-corrected chi connectivity index (χ1v) is 4.99. The van der Waals surface area contributed by atoms with E-state index in [1.807, 2.05) is 0 Å². The van der Waals surface area contributed by atoms with E-state index in [1.165, 1.54) is 0 Å². The highest BCUT2D eigenvalue weighted by Gasteiger charge is 2.08. The van der Waals surface area contributed by atoms with Crippen LogP contribution in [0.4, 0.5) is 4.39 Å². The zero-order chi connectivity index (χ0) is 10.4. The van der Waals surface area contributed by atoms with Gasteiger partial charge in [-0.15, -0.1) is 5.10 Å². The lowest BCUT2D eigenvalue weighted by Crippen LogP contribution is -2.10. The van der Waals surface area contributed by atoms with Crippen molar-refractivity contribution in [3.8, 4) is 0 Å². The highest BCUT2D eigenvalue weighted by atomic mass is 19.1. The van der Waals surface area contributed by atoms with E-state index in [1.54, 1.807) is 10.9 Å². The van der Waals surface area contributed by atoms with Crippen molar-refractivity contribution in [1.82, 2.24) is 15.0 Å². The maximum atomic E-state index is 11.9. The number of nitrogens with two attached hydrogens (primary N) is 1. The molecule has 0 spiro atoms. The normalized spacial score (nSPS) is 13.1. The third kappa shape index (κ3) is 3.06. The number of hydrogen-bond donors (Lipinski definition) is 1. The Labute approximate surface area is 83.3 Å². The Kier molecular flexibility index (Phi) is 4.52. The number of hydrogen-bond acceptors (Lipinski definition) is 3. The van der Waals surface area contributed by atoms with Gasteiger partial charge in [0.25, 0.3) is 0 Å². The average Bonchev–Trinajstić information content (AvgIpc) is 2.63. The van der Waals surface area contributed by atoms with Crippen molar-refractivity contribution in [3.63, 3.8) is 0 Å². The van der Waals surface area contributed by atoms with E-state index in [4.69, 9.17) is 5.73 Å². The van der Waals surface area contributed by atoms with Crippen LogP contribution in [0.3, 0.4) is 0 Å². The monoisotopic (exact) mass is 200 g/mol. The van der Waals surface area contributed by atoms with E-state index in [-0.39, 0.29) is 12.7 Å².